The lowest BCUT2D eigenvalue weighted by Crippen LogP contribution is -1.99. The molecule has 2 rings (SSSR count). The molecule has 82 valence electrons. The van der Waals surface area contributed by atoms with E-state index in [1.54, 1.807) is 29.3 Å². The summed E-state index contributed by atoms with van der Waals surface area (Å²) in [7, 11) is 0. The smallest absolute Gasteiger partial charge is 0.307 e. The molecule has 1 heterocycles. The van der Waals surface area contributed by atoms with E-state index in [0.29, 0.717) is 0 Å². The molecule has 0 bridgehead atoms. The van der Waals surface area contributed by atoms with Crippen molar-refractivity contribution in [3.63, 3.8) is 0 Å². The molecule has 0 spiro atoms. The summed E-state index contributed by atoms with van der Waals surface area (Å²) in [5, 5.41) is 10.6. The van der Waals surface area contributed by atoms with Crippen molar-refractivity contribution >= 4 is 29.1 Å². The fraction of sp³-hybridized carbons (Fsp3) is 0.0909. The van der Waals surface area contributed by atoms with E-state index in [1.807, 2.05) is 29.6 Å². The van der Waals surface area contributed by atoms with Crippen LogP contribution >= 0.6 is 23.1 Å². The summed E-state index contributed by atoms with van der Waals surface area (Å²) in [6.45, 7) is 0. The van der Waals surface area contributed by atoms with Gasteiger partial charge in [-0.25, -0.2) is 4.98 Å². The van der Waals surface area contributed by atoms with E-state index in [9.17, 15) is 4.79 Å². The highest BCUT2D eigenvalue weighted by atomic mass is 32.2. The Morgan fingerprint density at radius 1 is 1.38 bits per heavy atom. The summed E-state index contributed by atoms with van der Waals surface area (Å²) >= 11 is 3.17. The Balaban J connectivity index is 2.05. The number of aliphatic carboxylic acids is 1. The van der Waals surface area contributed by atoms with Gasteiger partial charge in [0.15, 0.2) is 4.34 Å². The Labute approximate surface area is 101 Å². The maximum absolute atomic E-state index is 10.5. The first-order valence-corrected chi connectivity index (χ1v) is 6.32. The van der Waals surface area contributed by atoms with Crippen LogP contribution in [0.15, 0.2) is 45.1 Å². The molecule has 0 aliphatic rings. The topological polar surface area (TPSA) is 50.2 Å². The molecule has 3 nitrogen and oxygen atoms in total. The van der Waals surface area contributed by atoms with Crippen molar-refractivity contribution in [3.05, 3.63) is 41.4 Å². The number of carboxylic acids is 1. The van der Waals surface area contributed by atoms with Gasteiger partial charge >= 0.3 is 5.97 Å². The number of nitrogens with zero attached hydrogens (tertiary/aromatic N) is 1. The predicted octanol–water partition coefficient (Wildman–Crippen LogP) is 2.92. The average Bonchev–Trinajstić information content (AvgIpc) is 2.73. The van der Waals surface area contributed by atoms with Crippen LogP contribution in [0.3, 0.4) is 0 Å². The number of hydrogen-bond donors (Lipinski definition) is 1. The highest BCUT2D eigenvalue weighted by Gasteiger charge is 2.02. The first kappa shape index (κ1) is 11.2. The number of carboxylic acid groups (broad SMARTS) is 1. The van der Waals surface area contributed by atoms with E-state index in [-0.39, 0.29) is 6.42 Å². The molecule has 0 aliphatic carbocycles. The van der Waals surface area contributed by atoms with Crippen LogP contribution in [0.4, 0.5) is 0 Å². The van der Waals surface area contributed by atoms with Gasteiger partial charge in [0.2, 0.25) is 0 Å². The lowest BCUT2D eigenvalue weighted by atomic mass is 10.2. The average molecular weight is 251 g/mol. The maximum Gasteiger partial charge on any atom is 0.307 e. The molecule has 0 unspecified atom stereocenters. The number of aromatic nitrogens is 1. The molecular weight excluding hydrogens is 242 g/mol. The van der Waals surface area contributed by atoms with Gasteiger partial charge in [-0.15, -0.1) is 11.3 Å². The monoisotopic (exact) mass is 251 g/mol. The fourth-order valence-corrected chi connectivity index (χ4v) is 2.81. The van der Waals surface area contributed by atoms with Gasteiger partial charge in [0.05, 0.1) is 6.42 Å². The molecule has 0 fully saturated rings. The second kappa shape index (κ2) is 5.14. The van der Waals surface area contributed by atoms with Gasteiger partial charge in [0, 0.05) is 16.5 Å². The Morgan fingerprint density at radius 3 is 2.69 bits per heavy atom. The number of hydrogen-bond acceptors (Lipinski definition) is 4. The van der Waals surface area contributed by atoms with Crippen LogP contribution in [0.5, 0.6) is 0 Å². The van der Waals surface area contributed by atoms with Crippen LogP contribution in [0, 0.1) is 0 Å². The summed E-state index contributed by atoms with van der Waals surface area (Å²) in [5.74, 6) is -0.805. The molecule has 1 N–H and O–H groups in total. The Morgan fingerprint density at radius 2 is 2.12 bits per heavy atom. The van der Waals surface area contributed by atoms with Gasteiger partial charge < -0.3 is 5.11 Å². The number of carbonyl (C=O) groups is 1. The normalized spacial score (nSPS) is 10.2. The standard InChI is InChI=1S/C11H9NO2S2/c13-10(14)7-8-1-3-9(4-2-8)16-11-12-5-6-15-11/h1-6H,7H2,(H,13,14). The minimum absolute atomic E-state index is 0.0716. The maximum atomic E-state index is 10.5. The van der Waals surface area contributed by atoms with E-state index < -0.39 is 5.97 Å². The van der Waals surface area contributed by atoms with Gasteiger partial charge in [0.25, 0.3) is 0 Å². The van der Waals surface area contributed by atoms with Crippen LogP contribution in [0.2, 0.25) is 0 Å². The summed E-state index contributed by atoms with van der Waals surface area (Å²) in [6, 6.07) is 7.52. The Hall–Kier alpha value is -1.33. The zero-order chi connectivity index (χ0) is 11.4. The second-order valence-electron chi connectivity index (χ2n) is 3.11. The third-order valence-electron chi connectivity index (χ3n) is 1.89. The van der Waals surface area contributed by atoms with Crippen molar-refractivity contribution in [2.45, 2.75) is 15.7 Å². The van der Waals surface area contributed by atoms with Crippen molar-refractivity contribution in [3.8, 4) is 0 Å². The molecule has 1 aromatic heterocycles. The molecular formula is C11H9NO2S2. The van der Waals surface area contributed by atoms with Crippen LogP contribution in [0.25, 0.3) is 0 Å². The van der Waals surface area contributed by atoms with Gasteiger partial charge in [-0.3, -0.25) is 4.79 Å². The lowest BCUT2D eigenvalue weighted by Gasteiger charge is -2.00. The largest absolute Gasteiger partial charge is 0.481 e. The SMILES string of the molecule is O=C(O)Cc1ccc(Sc2nccs2)cc1. The Kier molecular flexibility index (Phi) is 3.58. The van der Waals surface area contributed by atoms with Gasteiger partial charge in [-0.2, -0.15) is 0 Å². The van der Waals surface area contributed by atoms with Crippen LogP contribution in [-0.2, 0) is 11.2 Å². The van der Waals surface area contributed by atoms with Gasteiger partial charge in [-0.05, 0) is 17.7 Å². The molecule has 0 radical (unpaired) electrons. The zero-order valence-corrected chi connectivity index (χ0v) is 9.92. The van der Waals surface area contributed by atoms with Crippen molar-refractivity contribution in [2.75, 3.05) is 0 Å². The van der Waals surface area contributed by atoms with E-state index in [4.69, 9.17) is 5.11 Å². The second-order valence-corrected chi connectivity index (χ2v) is 5.33. The minimum atomic E-state index is -0.805. The lowest BCUT2D eigenvalue weighted by molar-refractivity contribution is -0.136. The van der Waals surface area contributed by atoms with E-state index in [1.165, 1.54) is 0 Å². The van der Waals surface area contributed by atoms with E-state index in [2.05, 4.69) is 4.98 Å². The Bertz CT molecular complexity index is 465. The number of rotatable bonds is 4. The summed E-state index contributed by atoms with van der Waals surface area (Å²) < 4.78 is 0.992. The van der Waals surface area contributed by atoms with Crippen LogP contribution < -0.4 is 0 Å². The highest BCUT2D eigenvalue weighted by Crippen LogP contribution is 2.29. The summed E-state index contributed by atoms with van der Waals surface area (Å²) in [6.07, 6.45) is 1.84. The molecule has 5 heteroatoms. The third kappa shape index (κ3) is 3.08. The molecule has 0 atom stereocenters. The van der Waals surface area contributed by atoms with E-state index >= 15 is 0 Å². The van der Waals surface area contributed by atoms with E-state index in [0.717, 1.165) is 14.8 Å². The minimum Gasteiger partial charge on any atom is -0.481 e. The van der Waals surface area contributed by atoms with Crippen molar-refractivity contribution in [1.29, 1.82) is 0 Å². The van der Waals surface area contributed by atoms with Crippen LogP contribution in [-0.4, -0.2) is 16.1 Å². The first-order valence-electron chi connectivity index (χ1n) is 4.62. The number of thiazole rings is 1. The fourth-order valence-electron chi connectivity index (χ4n) is 1.21. The molecule has 0 amide bonds. The molecule has 0 aliphatic heterocycles. The van der Waals surface area contributed by atoms with Gasteiger partial charge in [0.1, 0.15) is 0 Å². The van der Waals surface area contributed by atoms with Crippen LogP contribution in [0.1, 0.15) is 5.56 Å². The quantitative estimate of drug-likeness (QED) is 0.907. The number of benzene rings is 1. The van der Waals surface area contributed by atoms with Gasteiger partial charge in [-0.1, -0.05) is 23.9 Å². The molecule has 0 saturated heterocycles. The van der Waals surface area contributed by atoms with Crippen molar-refractivity contribution < 1.29 is 9.90 Å². The molecule has 2 aromatic rings. The molecule has 0 saturated carbocycles. The predicted molar refractivity (Wildman–Crippen MR) is 64.0 cm³/mol. The van der Waals surface area contributed by atoms with Crippen molar-refractivity contribution in [1.82, 2.24) is 4.98 Å². The highest BCUT2D eigenvalue weighted by molar-refractivity contribution is 8.01. The summed E-state index contributed by atoms with van der Waals surface area (Å²) in [4.78, 5) is 15.7. The molecule has 16 heavy (non-hydrogen) atoms. The summed E-state index contributed by atoms with van der Waals surface area (Å²) in [5.41, 5.74) is 0.816. The third-order valence-corrected chi connectivity index (χ3v) is 3.78. The first-order chi connectivity index (χ1) is 7.74. The molecule has 1 aromatic carbocycles. The zero-order valence-electron chi connectivity index (χ0n) is 8.29. The van der Waals surface area contributed by atoms with Crippen molar-refractivity contribution in [2.24, 2.45) is 0 Å².